The minimum atomic E-state index is -1.81. The van der Waals surface area contributed by atoms with Gasteiger partial charge >= 0.3 is 0 Å². The molecule has 1 N–H and O–H groups in total. The molecule has 0 heterocycles. The van der Waals surface area contributed by atoms with Crippen molar-refractivity contribution < 1.29 is 8.76 Å². The summed E-state index contributed by atoms with van der Waals surface area (Å²) in [6.07, 6.45) is 3.59. The molecule has 1 atom stereocenters. The maximum Gasteiger partial charge on any atom is 0.179 e. The van der Waals surface area contributed by atoms with Gasteiger partial charge in [-0.15, -0.1) is 0 Å². The Morgan fingerprint density at radius 3 is 2.56 bits per heavy atom. The van der Waals surface area contributed by atoms with E-state index < -0.39 is 11.1 Å². The Bertz CT molecular complexity index is 158. The van der Waals surface area contributed by atoms with Crippen LogP contribution in [0.2, 0.25) is 0 Å². The Morgan fingerprint density at radius 1 is 1.67 bits per heavy atom. The van der Waals surface area contributed by atoms with E-state index in [0.717, 1.165) is 5.57 Å². The van der Waals surface area contributed by atoms with E-state index in [-0.39, 0.29) is 0 Å². The third-order valence-corrected chi connectivity index (χ3v) is 1.29. The van der Waals surface area contributed by atoms with Crippen molar-refractivity contribution >= 4 is 11.1 Å². The third-order valence-electron chi connectivity index (χ3n) is 0.716. The Labute approximate surface area is 57.6 Å². The zero-order valence-corrected chi connectivity index (χ0v) is 6.31. The van der Waals surface area contributed by atoms with Gasteiger partial charge in [0.1, 0.15) is 0 Å². The van der Waals surface area contributed by atoms with Crippen molar-refractivity contribution in [1.82, 2.24) is 0 Å². The molecule has 0 aliphatic heterocycles. The molecule has 2 nitrogen and oxygen atoms in total. The fourth-order valence-electron chi connectivity index (χ4n) is 0.461. The topological polar surface area (TPSA) is 37.3 Å². The lowest BCUT2D eigenvalue weighted by atomic mass is 10.3. The van der Waals surface area contributed by atoms with Gasteiger partial charge in [-0.3, -0.25) is 0 Å². The number of allylic oxidation sites excluding steroid dienone is 3. The molecule has 0 bridgehead atoms. The van der Waals surface area contributed by atoms with Crippen LogP contribution in [-0.2, 0) is 11.1 Å². The summed E-state index contributed by atoms with van der Waals surface area (Å²) in [5, 5.41) is 1.28. The van der Waals surface area contributed by atoms with Gasteiger partial charge in [0.25, 0.3) is 0 Å². The predicted octanol–water partition coefficient (Wildman–Crippen LogP) is 1.69. The smallest absolute Gasteiger partial charge is 0.179 e. The van der Waals surface area contributed by atoms with Crippen LogP contribution in [0.15, 0.2) is 23.1 Å². The average molecular weight is 146 g/mol. The summed E-state index contributed by atoms with van der Waals surface area (Å²) in [6, 6.07) is 0. The van der Waals surface area contributed by atoms with Gasteiger partial charge in [-0.05, 0) is 19.4 Å². The van der Waals surface area contributed by atoms with Crippen LogP contribution >= 0.6 is 0 Å². The van der Waals surface area contributed by atoms with E-state index in [4.69, 9.17) is 4.55 Å². The molecule has 52 valence electrons. The molecule has 0 saturated heterocycles. The SMILES string of the molecule is C/C=C/C(C)=C/S(=O)O. The monoisotopic (exact) mass is 146 g/mol. The minimum Gasteiger partial charge on any atom is -0.303 e. The molecule has 0 spiro atoms. The predicted molar refractivity (Wildman–Crippen MR) is 39.3 cm³/mol. The van der Waals surface area contributed by atoms with Gasteiger partial charge in [0, 0.05) is 5.41 Å². The van der Waals surface area contributed by atoms with Crippen LogP contribution in [0.5, 0.6) is 0 Å². The molecule has 0 aromatic heterocycles. The van der Waals surface area contributed by atoms with Gasteiger partial charge in [0.05, 0.1) is 0 Å². The maximum atomic E-state index is 10.1. The summed E-state index contributed by atoms with van der Waals surface area (Å²) in [6.45, 7) is 3.63. The van der Waals surface area contributed by atoms with Crippen molar-refractivity contribution in [3.63, 3.8) is 0 Å². The number of rotatable bonds is 2. The van der Waals surface area contributed by atoms with Gasteiger partial charge in [-0.25, -0.2) is 4.21 Å². The van der Waals surface area contributed by atoms with Crippen LogP contribution in [0, 0.1) is 0 Å². The maximum absolute atomic E-state index is 10.1. The van der Waals surface area contributed by atoms with Crippen molar-refractivity contribution in [1.29, 1.82) is 0 Å². The van der Waals surface area contributed by atoms with E-state index in [1.165, 1.54) is 5.41 Å². The molecule has 0 saturated carbocycles. The summed E-state index contributed by atoms with van der Waals surface area (Å²) in [5.41, 5.74) is 0.804. The summed E-state index contributed by atoms with van der Waals surface area (Å²) in [4.78, 5) is 0. The van der Waals surface area contributed by atoms with E-state index in [2.05, 4.69) is 0 Å². The first-order valence-corrected chi connectivity index (χ1v) is 3.74. The lowest BCUT2D eigenvalue weighted by Gasteiger charge is -1.85. The van der Waals surface area contributed by atoms with Crippen LogP contribution in [0.3, 0.4) is 0 Å². The molecule has 0 aliphatic carbocycles. The van der Waals surface area contributed by atoms with Crippen molar-refractivity contribution in [2.75, 3.05) is 0 Å². The highest BCUT2D eigenvalue weighted by Crippen LogP contribution is 1.94. The number of hydrogen-bond acceptors (Lipinski definition) is 1. The highest BCUT2D eigenvalue weighted by atomic mass is 32.2. The van der Waals surface area contributed by atoms with Crippen molar-refractivity contribution in [2.45, 2.75) is 13.8 Å². The molecule has 0 rings (SSSR count). The molecule has 0 aromatic carbocycles. The van der Waals surface area contributed by atoms with Gasteiger partial charge < -0.3 is 4.55 Å². The van der Waals surface area contributed by atoms with Gasteiger partial charge in [0.15, 0.2) is 11.1 Å². The molecular weight excluding hydrogens is 136 g/mol. The van der Waals surface area contributed by atoms with Crippen LogP contribution in [0.25, 0.3) is 0 Å². The Kier molecular flexibility index (Phi) is 4.26. The Balaban J connectivity index is 4.00. The van der Waals surface area contributed by atoms with E-state index in [1.807, 2.05) is 13.0 Å². The lowest BCUT2D eigenvalue weighted by molar-refractivity contribution is 0.574. The Hall–Kier alpha value is -0.410. The molecule has 1 unspecified atom stereocenters. The van der Waals surface area contributed by atoms with Crippen LogP contribution < -0.4 is 0 Å². The van der Waals surface area contributed by atoms with Gasteiger partial charge in [-0.1, -0.05) is 12.2 Å². The average Bonchev–Trinajstić information content (AvgIpc) is 1.63. The first kappa shape index (κ1) is 8.59. The molecule has 0 radical (unpaired) electrons. The molecule has 0 amide bonds. The summed E-state index contributed by atoms with van der Waals surface area (Å²) in [7, 11) is 0. The van der Waals surface area contributed by atoms with Gasteiger partial charge in [-0.2, -0.15) is 0 Å². The molecule has 0 fully saturated rings. The summed E-state index contributed by atoms with van der Waals surface area (Å²) >= 11 is -1.81. The highest BCUT2D eigenvalue weighted by Gasteiger charge is 1.83. The van der Waals surface area contributed by atoms with Crippen LogP contribution in [0.1, 0.15) is 13.8 Å². The summed E-state index contributed by atoms with van der Waals surface area (Å²) < 4.78 is 18.4. The molecule has 0 aromatic rings. The molecule has 3 heteroatoms. The zero-order chi connectivity index (χ0) is 7.28. The quantitative estimate of drug-likeness (QED) is 0.475. The zero-order valence-electron chi connectivity index (χ0n) is 5.50. The standard InChI is InChI=1S/C6H10O2S/c1-3-4-6(2)5-9(7)8/h3-5H,1-2H3,(H,7,8)/b4-3+,6-5+. The minimum absolute atomic E-state index is 0.804. The highest BCUT2D eigenvalue weighted by molar-refractivity contribution is 7.82. The molecular formula is C6H10O2S. The molecule has 0 aliphatic rings. The van der Waals surface area contributed by atoms with Crippen LogP contribution in [-0.4, -0.2) is 8.76 Å². The Morgan fingerprint density at radius 2 is 2.22 bits per heavy atom. The van der Waals surface area contributed by atoms with E-state index in [1.54, 1.807) is 13.0 Å². The third kappa shape index (κ3) is 5.46. The second-order valence-electron chi connectivity index (χ2n) is 1.64. The van der Waals surface area contributed by atoms with Gasteiger partial charge in [0.2, 0.25) is 0 Å². The largest absolute Gasteiger partial charge is 0.303 e. The number of hydrogen-bond donors (Lipinski definition) is 1. The first-order chi connectivity index (χ1) is 4.16. The molecule has 9 heavy (non-hydrogen) atoms. The normalized spacial score (nSPS) is 16.6. The fourth-order valence-corrected chi connectivity index (χ4v) is 0.858. The van der Waals surface area contributed by atoms with E-state index in [0.29, 0.717) is 0 Å². The first-order valence-electron chi connectivity index (χ1n) is 2.57. The second-order valence-corrected chi connectivity index (χ2v) is 2.43. The van der Waals surface area contributed by atoms with E-state index in [9.17, 15) is 4.21 Å². The summed E-state index contributed by atoms with van der Waals surface area (Å²) in [5.74, 6) is 0. The second kappa shape index (κ2) is 4.47. The fraction of sp³-hybridized carbons (Fsp3) is 0.333. The van der Waals surface area contributed by atoms with E-state index >= 15 is 0 Å². The van der Waals surface area contributed by atoms with Crippen molar-refractivity contribution in [3.8, 4) is 0 Å². The van der Waals surface area contributed by atoms with Crippen molar-refractivity contribution in [2.24, 2.45) is 0 Å². The van der Waals surface area contributed by atoms with Crippen LogP contribution in [0.4, 0.5) is 0 Å². The lowest BCUT2D eigenvalue weighted by Crippen LogP contribution is -1.78. The van der Waals surface area contributed by atoms with Crippen molar-refractivity contribution in [3.05, 3.63) is 23.1 Å².